The molecule has 37 heavy (non-hydrogen) atoms. The van der Waals surface area contributed by atoms with E-state index in [1.807, 2.05) is 0 Å². The standard InChI is InChI=1S/C24H40O5.C4H6O4/c1-13(4-7-21(28)29)16-5-6-17-22-18(12-20(27)24(16,17)3)23(2)9-8-15(25)10-14(23)11-19(22)26;5-3(6)1-2-4(7)8/h13-20,22,25-27H,4-12H2,1-3H3,(H,28,29);1-2H2,(H,5,6)(H,7,8)/t13-,14+,15-,16-,17+,18+,19-,20+,22+,23+,24-;/m1./s1. The van der Waals surface area contributed by atoms with Crippen LogP contribution >= 0.6 is 0 Å². The van der Waals surface area contributed by atoms with E-state index < -0.39 is 24.0 Å². The first-order chi connectivity index (χ1) is 17.2. The maximum Gasteiger partial charge on any atom is 0.303 e. The largest absolute Gasteiger partial charge is 0.481 e. The first kappa shape index (κ1) is 29.8. The van der Waals surface area contributed by atoms with Crippen molar-refractivity contribution in [3.05, 3.63) is 0 Å². The fourth-order valence-corrected chi connectivity index (χ4v) is 8.90. The van der Waals surface area contributed by atoms with E-state index in [0.717, 1.165) is 44.9 Å². The van der Waals surface area contributed by atoms with Crippen molar-refractivity contribution < 1.29 is 45.0 Å². The Bertz CT molecular complexity index is 832. The summed E-state index contributed by atoms with van der Waals surface area (Å²) in [4.78, 5) is 30.3. The van der Waals surface area contributed by atoms with Crippen LogP contribution in [0.5, 0.6) is 0 Å². The van der Waals surface area contributed by atoms with Crippen LogP contribution in [0, 0.1) is 46.3 Å². The molecule has 11 atom stereocenters. The molecule has 4 fully saturated rings. The van der Waals surface area contributed by atoms with Gasteiger partial charge in [-0.1, -0.05) is 20.8 Å². The van der Waals surface area contributed by atoms with Crippen molar-refractivity contribution >= 4 is 17.9 Å². The molecule has 4 saturated carbocycles. The zero-order valence-corrected chi connectivity index (χ0v) is 22.4. The molecule has 0 aromatic carbocycles. The summed E-state index contributed by atoms with van der Waals surface area (Å²) in [5, 5.41) is 57.8. The molecule has 0 aliphatic heterocycles. The lowest BCUT2D eigenvalue weighted by atomic mass is 9.43. The Labute approximate surface area is 219 Å². The maximum atomic E-state index is 11.5. The second-order valence-corrected chi connectivity index (χ2v) is 12.7. The summed E-state index contributed by atoms with van der Waals surface area (Å²) in [5.41, 5.74) is -0.143. The van der Waals surface area contributed by atoms with Gasteiger partial charge < -0.3 is 30.6 Å². The zero-order valence-electron chi connectivity index (χ0n) is 22.4. The smallest absolute Gasteiger partial charge is 0.303 e. The van der Waals surface area contributed by atoms with Crippen LogP contribution in [0.15, 0.2) is 0 Å². The van der Waals surface area contributed by atoms with Gasteiger partial charge in [0, 0.05) is 6.42 Å². The molecular weight excluding hydrogens is 480 g/mol. The molecule has 0 unspecified atom stereocenters. The van der Waals surface area contributed by atoms with Gasteiger partial charge in [0.05, 0.1) is 31.2 Å². The quantitative estimate of drug-likeness (QED) is 0.291. The van der Waals surface area contributed by atoms with E-state index in [-0.39, 0.29) is 54.1 Å². The Morgan fingerprint density at radius 3 is 1.97 bits per heavy atom. The van der Waals surface area contributed by atoms with Crippen LogP contribution in [0.1, 0.15) is 91.4 Å². The van der Waals surface area contributed by atoms with Crippen molar-refractivity contribution in [2.45, 2.75) is 110 Å². The van der Waals surface area contributed by atoms with Crippen LogP contribution < -0.4 is 0 Å². The number of aliphatic carboxylic acids is 3. The lowest BCUT2D eigenvalue weighted by Crippen LogP contribution is -2.62. The van der Waals surface area contributed by atoms with Gasteiger partial charge in [0.2, 0.25) is 0 Å². The average molecular weight is 527 g/mol. The van der Waals surface area contributed by atoms with Crippen molar-refractivity contribution in [1.29, 1.82) is 0 Å². The molecule has 0 radical (unpaired) electrons. The minimum Gasteiger partial charge on any atom is -0.481 e. The molecule has 4 rings (SSSR count). The molecule has 212 valence electrons. The first-order valence-electron chi connectivity index (χ1n) is 13.9. The van der Waals surface area contributed by atoms with Gasteiger partial charge >= 0.3 is 17.9 Å². The van der Waals surface area contributed by atoms with Gasteiger partial charge in [-0.05, 0) is 97.7 Å². The van der Waals surface area contributed by atoms with Crippen molar-refractivity contribution in [3.8, 4) is 0 Å². The second kappa shape index (κ2) is 11.6. The molecule has 0 bridgehead atoms. The van der Waals surface area contributed by atoms with Crippen molar-refractivity contribution in [2.75, 3.05) is 0 Å². The number of fused-ring (bicyclic) bond motifs is 5. The molecule has 0 aromatic heterocycles. The minimum atomic E-state index is -1.08. The van der Waals surface area contributed by atoms with Crippen molar-refractivity contribution in [1.82, 2.24) is 0 Å². The Morgan fingerprint density at radius 2 is 1.41 bits per heavy atom. The summed E-state index contributed by atoms with van der Waals surface area (Å²) in [6.45, 7) is 6.72. The van der Waals surface area contributed by atoms with Crippen LogP contribution in [0.3, 0.4) is 0 Å². The highest BCUT2D eigenvalue weighted by molar-refractivity contribution is 5.75. The topological polar surface area (TPSA) is 173 Å². The van der Waals surface area contributed by atoms with Gasteiger partial charge in [0.25, 0.3) is 0 Å². The zero-order chi connectivity index (χ0) is 27.7. The minimum absolute atomic E-state index is 0.0957. The summed E-state index contributed by atoms with van der Waals surface area (Å²) in [7, 11) is 0. The Kier molecular flexibility index (Phi) is 9.34. The molecule has 9 heteroatoms. The van der Waals surface area contributed by atoms with Gasteiger partial charge in [-0.3, -0.25) is 14.4 Å². The third-order valence-electron chi connectivity index (χ3n) is 10.9. The molecule has 0 saturated heterocycles. The first-order valence-corrected chi connectivity index (χ1v) is 13.9. The molecule has 6 N–H and O–H groups in total. The summed E-state index contributed by atoms with van der Waals surface area (Å²) in [6.07, 6.45) is 5.41. The predicted octanol–water partition coefficient (Wildman–Crippen LogP) is 3.38. The second-order valence-electron chi connectivity index (χ2n) is 12.7. The molecule has 0 aromatic rings. The summed E-state index contributed by atoms with van der Waals surface area (Å²) in [5.74, 6) is -1.16. The number of rotatable bonds is 7. The summed E-state index contributed by atoms with van der Waals surface area (Å²) in [6, 6.07) is 0. The Balaban J connectivity index is 0.000000414. The van der Waals surface area contributed by atoms with Gasteiger partial charge in [0.1, 0.15) is 0 Å². The van der Waals surface area contributed by atoms with Crippen molar-refractivity contribution in [2.24, 2.45) is 46.3 Å². The van der Waals surface area contributed by atoms with Gasteiger partial charge in [-0.15, -0.1) is 0 Å². The molecule has 4 aliphatic rings. The monoisotopic (exact) mass is 526 g/mol. The third kappa shape index (κ3) is 5.98. The fourth-order valence-electron chi connectivity index (χ4n) is 8.90. The number of aliphatic hydroxyl groups is 3. The lowest BCUT2D eigenvalue weighted by Gasteiger charge is -2.63. The van der Waals surface area contributed by atoms with Crippen LogP contribution in [0.2, 0.25) is 0 Å². The summed E-state index contributed by atoms with van der Waals surface area (Å²) < 4.78 is 0. The number of carbonyl (C=O) groups is 3. The van der Waals surface area contributed by atoms with Crippen LogP contribution in [-0.4, -0.2) is 66.9 Å². The van der Waals surface area contributed by atoms with Crippen LogP contribution in [0.25, 0.3) is 0 Å². The normalized spacial score (nSPS) is 43.3. The third-order valence-corrected chi connectivity index (χ3v) is 10.9. The molecular formula is C28H46O9. The van der Waals surface area contributed by atoms with E-state index in [1.54, 1.807) is 0 Å². The van der Waals surface area contributed by atoms with Gasteiger partial charge in [-0.2, -0.15) is 0 Å². The van der Waals surface area contributed by atoms with E-state index in [4.69, 9.17) is 15.3 Å². The van der Waals surface area contributed by atoms with Crippen molar-refractivity contribution in [3.63, 3.8) is 0 Å². The van der Waals surface area contributed by atoms with Crippen LogP contribution in [-0.2, 0) is 14.4 Å². The van der Waals surface area contributed by atoms with Crippen LogP contribution in [0.4, 0.5) is 0 Å². The highest BCUT2D eigenvalue weighted by Crippen LogP contribution is 2.68. The molecule has 0 amide bonds. The summed E-state index contributed by atoms with van der Waals surface area (Å²) >= 11 is 0. The number of hydrogen-bond acceptors (Lipinski definition) is 6. The number of carboxylic acids is 3. The van der Waals surface area contributed by atoms with E-state index in [1.165, 1.54) is 0 Å². The van der Waals surface area contributed by atoms with E-state index in [2.05, 4.69) is 20.8 Å². The SMILES string of the molecule is C[C@H](CCC(=O)O)[C@H]1CC[C@H]2[C@@H]3[C@H](O)C[C@@H]4C[C@H](O)CC[C@]4(C)[C@H]3C[C@H](O)[C@]12C.O=C(O)CCC(=O)O. The molecule has 0 heterocycles. The molecule has 4 aliphatic carbocycles. The van der Waals surface area contributed by atoms with Gasteiger partial charge in [-0.25, -0.2) is 0 Å². The van der Waals surface area contributed by atoms with E-state index in [0.29, 0.717) is 30.1 Å². The predicted molar refractivity (Wildman–Crippen MR) is 135 cm³/mol. The number of aliphatic hydroxyl groups excluding tert-OH is 3. The lowest BCUT2D eigenvalue weighted by molar-refractivity contribution is -0.207. The highest BCUT2D eigenvalue weighted by atomic mass is 16.4. The molecule has 0 spiro atoms. The van der Waals surface area contributed by atoms with E-state index in [9.17, 15) is 29.7 Å². The maximum absolute atomic E-state index is 11.5. The number of carboxylic acid groups (broad SMARTS) is 3. The fraction of sp³-hybridized carbons (Fsp3) is 0.893. The molecule has 9 nitrogen and oxygen atoms in total. The average Bonchev–Trinajstić information content (AvgIpc) is 3.17. The Hall–Kier alpha value is -1.71. The van der Waals surface area contributed by atoms with Gasteiger partial charge in [0.15, 0.2) is 0 Å². The van der Waals surface area contributed by atoms with E-state index >= 15 is 0 Å². The Morgan fingerprint density at radius 1 is 0.811 bits per heavy atom. The highest BCUT2D eigenvalue weighted by Gasteiger charge is 2.65. The number of hydrogen-bond donors (Lipinski definition) is 6.